The summed E-state index contributed by atoms with van der Waals surface area (Å²) in [5.41, 5.74) is 0. The van der Waals surface area contributed by atoms with E-state index < -0.39 is 15.8 Å². The van der Waals surface area contributed by atoms with Gasteiger partial charge in [-0.05, 0) is 31.2 Å². The molecule has 1 aliphatic rings. The number of anilines is 1. The Morgan fingerprint density at radius 2 is 1.89 bits per heavy atom. The molecular weight excluding hydrogens is 411 g/mol. The second-order valence-electron chi connectivity index (χ2n) is 6.24. The van der Waals surface area contributed by atoms with Gasteiger partial charge in [0.25, 0.3) is 0 Å². The van der Waals surface area contributed by atoms with E-state index in [1.54, 1.807) is 11.3 Å². The lowest BCUT2D eigenvalue weighted by molar-refractivity contribution is 0.384. The van der Waals surface area contributed by atoms with Crippen LogP contribution in [0.15, 0.2) is 35.5 Å². The number of halogens is 2. The SMILES string of the molecule is Cc1cc2c(N3CCN(S(=O)(=O)c4ccc(F)c(Cl)c4)CC3)ncnc2s1. The van der Waals surface area contributed by atoms with E-state index in [1.807, 2.05) is 6.92 Å². The molecule has 27 heavy (non-hydrogen) atoms. The number of aromatic nitrogens is 2. The van der Waals surface area contributed by atoms with Gasteiger partial charge in [0.1, 0.15) is 22.8 Å². The zero-order valence-corrected chi connectivity index (χ0v) is 16.8. The van der Waals surface area contributed by atoms with Crippen molar-refractivity contribution in [2.75, 3.05) is 31.1 Å². The molecule has 0 aliphatic carbocycles. The number of sulfonamides is 1. The van der Waals surface area contributed by atoms with E-state index in [4.69, 9.17) is 11.6 Å². The van der Waals surface area contributed by atoms with Crippen LogP contribution in [0.25, 0.3) is 10.2 Å². The molecule has 10 heteroatoms. The summed E-state index contributed by atoms with van der Waals surface area (Å²) in [7, 11) is -3.72. The minimum absolute atomic E-state index is 0.000218. The molecule has 1 saturated heterocycles. The summed E-state index contributed by atoms with van der Waals surface area (Å²) >= 11 is 7.35. The highest BCUT2D eigenvalue weighted by molar-refractivity contribution is 7.89. The van der Waals surface area contributed by atoms with E-state index in [9.17, 15) is 12.8 Å². The van der Waals surface area contributed by atoms with Crippen LogP contribution in [0.3, 0.4) is 0 Å². The Labute approximate surface area is 165 Å². The number of rotatable bonds is 3. The fourth-order valence-corrected chi connectivity index (χ4v) is 5.68. The average molecular weight is 427 g/mol. The first-order chi connectivity index (χ1) is 12.9. The van der Waals surface area contributed by atoms with Gasteiger partial charge in [0.15, 0.2) is 0 Å². The summed E-state index contributed by atoms with van der Waals surface area (Å²) in [6, 6.07) is 5.52. The third-order valence-electron chi connectivity index (χ3n) is 4.50. The Kier molecular flexibility index (Phi) is 4.79. The molecule has 3 aromatic rings. The topological polar surface area (TPSA) is 66.4 Å². The van der Waals surface area contributed by atoms with Gasteiger partial charge in [-0.15, -0.1) is 11.3 Å². The number of fused-ring (bicyclic) bond motifs is 1. The van der Waals surface area contributed by atoms with E-state index in [0.29, 0.717) is 26.2 Å². The van der Waals surface area contributed by atoms with Crippen molar-refractivity contribution >= 4 is 49.0 Å². The first-order valence-electron chi connectivity index (χ1n) is 8.27. The molecule has 1 fully saturated rings. The summed E-state index contributed by atoms with van der Waals surface area (Å²) in [5, 5.41) is 0.785. The highest BCUT2D eigenvalue weighted by Gasteiger charge is 2.30. The first kappa shape index (κ1) is 18.5. The molecule has 0 unspecified atom stereocenters. The Morgan fingerprint density at radius 3 is 2.59 bits per heavy atom. The Hall–Kier alpha value is -1.81. The van der Waals surface area contributed by atoms with Crippen LogP contribution in [-0.2, 0) is 10.0 Å². The summed E-state index contributed by atoms with van der Waals surface area (Å²) in [6.07, 6.45) is 1.54. The number of nitrogens with zero attached hydrogens (tertiary/aromatic N) is 4. The van der Waals surface area contributed by atoms with Gasteiger partial charge in [0.05, 0.1) is 15.3 Å². The molecule has 3 heterocycles. The monoisotopic (exact) mass is 426 g/mol. The summed E-state index contributed by atoms with van der Waals surface area (Å²) < 4.78 is 40.4. The largest absolute Gasteiger partial charge is 0.353 e. The van der Waals surface area contributed by atoms with Crippen molar-refractivity contribution < 1.29 is 12.8 Å². The van der Waals surface area contributed by atoms with Crippen LogP contribution >= 0.6 is 22.9 Å². The molecule has 0 N–H and O–H groups in total. The number of hydrogen-bond donors (Lipinski definition) is 0. The number of thiophene rings is 1. The van der Waals surface area contributed by atoms with Gasteiger partial charge in [0, 0.05) is 31.1 Å². The molecule has 0 saturated carbocycles. The van der Waals surface area contributed by atoms with Crippen molar-refractivity contribution in [2.24, 2.45) is 0 Å². The van der Waals surface area contributed by atoms with Gasteiger partial charge < -0.3 is 4.90 Å². The molecule has 142 valence electrons. The second kappa shape index (κ2) is 6.97. The molecule has 0 atom stereocenters. The van der Waals surface area contributed by atoms with Crippen LogP contribution in [0.4, 0.5) is 10.2 Å². The lowest BCUT2D eigenvalue weighted by atomic mass is 10.3. The van der Waals surface area contributed by atoms with Crippen LogP contribution in [-0.4, -0.2) is 48.9 Å². The highest BCUT2D eigenvalue weighted by Crippen LogP contribution is 2.31. The molecule has 1 aliphatic heterocycles. The van der Waals surface area contributed by atoms with Gasteiger partial charge in [-0.2, -0.15) is 4.31 Å². The molecule has 0 radical (unpaired) electrons. The predicted molar refractivity (Wildman–Crippen MR) is 105 cm³/mol. The average Bonchev–Trinajstić information content (AvgIpc) is 3.04. The highest BCUT2D eigenvalue weighted by atomic mass is 35.5. The zero-order chi connectivity index (χ0) is 19.2. The maximum Gasteiger partial charge on any atom is 0.243 e. The third-order valence-corrected chi connectivity index (χ3v) is 7.64. The van der Waals surface area contributed by atoms with Gasteiger partial charge in [-0.1, -0.05) is 11.6 Å². The zero-order valence-electron chi connectivity index (χ0n) is 14.4. The van der Waals surface area contributed by atoms with E-state index in [2.05, 4.69) is 20.9 Å². The van der Waals surface area contributed by atoms with Gasteiger partial charge in [0.2, 0.25) is 10.0 Å². The molecule has 0 bridgehead atoms. The van der Waals surface area contributed by atoms with Crippen molar-refractivity contribution in [3.05, 3.63) is 46.3 Å². The van der Waals surface area contributed by atoms with E-state index >= 15 is 0 Å². The Bertz CT molecular complexity index is 1110. The van der Waals surface area contributed by atoms with Gasteiger partial charge in [-0.3, -0.25) is 0 Å². The molecular formula is C17H16ClFN4O2S2. The molecule has 1 aromatic carbocycles. The molecule has 0 amide bonds. The van der Waals surface area contributed by atoms with E-state index in [1.165, 1.54) is 16.7 Å². The first-order valence-corrected chi connectivity index (χ1v) is 10.9. The van der Waals surface area contributed by atoms with Crippen molar-refractivity contribution in [3.63, 3.8) is 0 Å². The normalized spacial score (nSPS) is 16.2. The van der Waals surface area contributed by atoms with E-state index in [-0.39, 0.29) is 9.92 Å². The van der Waals surface area contributed by atoms with Gasteiger partial charge in [-0.25, -0.2) is 22.8 Å². The fourth-order valence-electron chi connectivity index (χ4n) is 3.14. The van der Waals surface area contributed by atoms with E-state index in [0.717, 1.165) is 33.0 Å². The predicted octanol–water partition coefficient (Wildman–Crippen LogP) is 3.30. The van der Waals surface area contributed by atoms with Gasteiger partial charge >= 0.3 is 0 Å². The lowest BCUT2D eigenvalue weighted by Crippen LogP contribution is -2.49. The van der Waals surface area contributed by atoms with Crippen LogP contribution in [0.2, 0.25) is 5.02 Å². The lowest BCUT2D eigenvalue weighted by Gasteiger charge is -2.34. The van der Waals surface area contributed by atoms with Crippen LogP contribution in [0.5, 0.6) is 0 Å². The third kappa shape index (κ3) is 3.40. The maximum absolute atomic E-state index is 13.3. The minimum Gasteiger partial charge on any atom is -0.353 e. The van der Waals surface area contributed by atoms with Crippen molar-refractivity contribution in [1.29, 1.82) is 0 Å². The van der Waals surface area contributed by atoms with Crippen LogP contribution < -0.4 is 4.90 Å². The maximum atomic E-state index is 13.3. The number of aryl methyl sites for hydroxylation is 1. The quantitative estimate of drug-likeness (QED) is 0.642. The number of hydrogen-bond acceptors (Lipinski definition) is 6. The number of benzene rings is 1. The molecule has 4 rings (SSSR count). The summed E-state index contributed by atoms with van der Waals surface area (Å²) in [4.78, 5) is 12.9. The van der Waals surface area contributed by atoms with Crippen molar-refractivity contribution in [3.8, 4) is 0 Å². The summed E-state index contributed by atoms with van der Waals surface area (Å²) in [5.74, 6) is 0.186. The molecule has 2 aromatic heterocycles. The van der Waals surface area contributed by atoms with Crippen molar-refractivity contribution in [2.45, 2.75) is 11.8 Å². The molecule has 0 spiro atoms. The Balaban J connectivity index is 1.55. The smallest absolute Gasteiger partial charge is 0.243 e. The summed E-state index contributed by atoms with van der Waals surface area (Å²) in [6.45, 7) is 3.66. The van der Waals surface area contributed by atoms with Crippen LogP contribution in [0, 0.1) is 12.7 Å². The fraction of sp³-hybridized carbons (Fsp3) is 0.294. The van der Waals surface area contributed by atoms with Crippen molar-refractivity contribution in [1.82, 2.24) is 14.3 Å². The number of piperazine rings is 1. The Morgan fingerprint density at radius 1 is 1.15 bits per heavy atom. The molecule has 6 nitrogen and oxygen atoms in total. The standard InChI is InChI=1S/C17H16ClFN4O2S2/c1-11-8-13-16(20-10-21-17(13)26-11)22-4-6-23(7-5-22)27(24,25)12-2-3-15(19)14(18)9-12/h2-3,8-10H,4-7H2,1H3. The minimum atomic E-state index is -3.72. The van der Waals surface area contributed by atoms with Crippen LogP contribution in [0.1, 0.15) is 4.88 Å². The second-order valence-corrected chi connectivity index (χ2v) is 9.82.